The van der Waals surface area contributed by atoms with Crippen LogP contribution in [0, 0.1) is 0 Å². The number of carbonyl (C=O) groups is 1. The number of carboxylic acids is 1. The number of benzene rings is 2. The van der Waals surface area contributed by atoms with Gasteiger partial charge in [-0.15, -0.1) is 0 Å². The number of rotatable bonds is 8. The van der Waals surface area contributed by atoms with Crippen LogP contribution >= 0.6 is 0 Å². The Morgan fingerprint density at radius 2 is 1.61 bits per heavy atom. The number of para-hydroxylation sites is 1. The predicted octanol–water partition coefficient (Wildman–Crippen LogP) is 2.76. The van der Waals surface area contributed by atoms with E-state index in [0.29, 0.717) is 18.7 Å². The molecular weight excluding hydrogens is 316 g/mol. The molecule has 0 aliphatic heterocycles. The Bertz CT molecular complexity index is 743. The molecule has 122 valence electrons. The molecule has 2 aromatic carbocycles. The maximum absolute atomic E-state index is 12.3. The Labute approximate surface area is 135 Å². The average molecular weight is 334 g/mol. The zero-order chi connectivity index (χ0) is 16.7. The third-order valence-corrected chi connectivity index (χ3v) is 4.48. The molecule has 2 aromatic rings. The number of hydrogen-bond acceptors (Lipinski definition) is 4. The molecule has 2 rings (SSSR count). The first-order valence-corrected chi connectivity index (χ1v) is 8.59. The summed E-state index contributed by atoms with van der Waals surface area (Å²) < 4.78 is 27.0. The SMILES string of the molecule is O=C(O)CCCNc1ccc(S(=O)(=O)Nc2ccccc2)cc1. The van der Waals surface area contributed by atoms with Gasteiger partial charge in [-0.1, -0.05) is 18.2 Å². The van der Waals surface area contributed by atoms with Crippen LogP contribution in [-0.2, 0) is 14.8 Å². The number of aliphatic carboxylic acids is 1. The smallest absolute Gasteiger partial charge is 0.303 e. The van der Waals surface area contributed by atoms with E-state index in [9.17, 15) is 13.2 Å². The van der Waals surface area contributed by atoms with Crippen molar-refractivity contribution >= 4 is 27.4 Å². The summed E-state index contributed by atoms with van der Waals surface area (Å²) in [5.41, 5.74) is 1.25. The first-order chi connectivity index (χ1) is 11.0. The Hall–Kier alpha value is -2.54. The van der Waals surface area contributed by atoms with E-state index in [1.54, 1.807) is 36.4 Å². The number of nitrogens with one attached hydrogen (secondary N) is 2. The Morgan fingerprint density at radius 3 is 2.22 bits per heavy atom. The summed E-state index contributed by atoms with van der Waals surface area (Å²) in [6, 6.07) is 15.0. The third-order valence-electron chi connectivity index (χ3n) is 3.09. The second-order valence-electron chi connectivity index (χ2n) is 4.92. The summed E-state index contributed by atoms with van der Waals surface area (Å²) in [4.78, 5) is 10.6. The largest absolute Gasteiger partial charge is 0.481 e. The lowest BCUT2D eigenvalue weighted by Gasteiger charge is -2.09. The molecule has 3 N–H and O–H groups in total. The zero-order valence-corrected chi connectivity index (χ0v) is 13.2. The molecule has 0 amide bonds. The first-order valence-electron chi connectivity index (χ1n) is 7.11. The van der Waals surface area contributed by atoms with Crippen LogP contribution in [0.25, 0.3) is 0 Å². The van der Waals surface area contributed by atoms with Crippen molar-refractivity contribution in [2.45, 2.75) is 17.7 Å². The molecule has 0 aliphatic carbocycles. The molecule has 7 heteroatoms. The molecule has 6 nitrogen and oxygen atoms in total. The van der Waals surface area contributed by atoms with Crippen LogP contribution in [-0.4, -0.2) is 26.0 Å². The maximum Gasteiger partial charge on any atom is 0.303 e. The van der Waals surface area contributed by atoms with Gasteiger partial charge in [0.05, 0.1) is 4.90 Å². The lowest BCUT2D eigenvalue weighted by atomic mass is 10.3. The van der Waals surface area contributed by atoms with E-state index in [-0.39, 0.29) is 11.3 Å². The molecule has 0 spiro atoms. The molecular formula is C16H18N2O4S. The van der Waals surface area contributed by atoms with Crippen LogP contribution in [0.1, 0.15) is 12.8 Å². The summed E-state index contributed by atoms with van der Waals surface area (Å²) in [7, 11) is -3.62. The van der Waals surface area contributed by atoms with Crippen LogP contribution in [0.2, 0.25) is 0 Å². The van der Waals surface area contributed by atoms with Crippen LogP contribution in [0.4, 0.5) is 11.4 Å². The summed E-state index contributed by atoms with van der Waals surface area (Å²) in [6.07, 6.45) is 0.603. The third kappa shape index (κ3) is 5.30. The summed E-state index contributed by atoms with van der Waals surface area (Å²) in [5.74, 6) is -0.833. The van der Waals surface area contributed by atoms with Gasteiger partial charge in [-0.25, -0.2) is 8.42 Å². The van der Waals surface area contributed by atoms with E-state index in [1.165, 1.54) is 12.1 Å². The highest BCUT2D eigenvalue weighted by Gasteiger charge is 2.13. The van der Waals surface area contributed by atoms with E-state index in [2.05, 4.69) is 10.0 Å². The molecule has 0 unspecified atom stereocenters. The van der Waals surface area contributed by atoms with Gasteiger partial charge in [-0.3, -0.25) is 9.52 Å². The number of sulfonamides is 1. The average Bonchev–Trinajstić information content (AvgIpc) is 2.52. The summed E-state index contributed by atoms with van der Waals surface area (Å²) in [5, 5.41) is 11.6. The maximum atomic E-state index is 12.3. The van der Waals surface area contributed by atoms with Gasteiger partial charge in [0.25, 0.3) is 10.0 Å². The van der Waals surface area contributed by atoms with E-state index >= 15 is 0 Å². The Balaban J connectivity index is 1.97. The number of anilines is 2. The standard InChI is InChI=1S/C16H18N2O4S/c19-16(20)7-4-12-17-13-8-10-15(11-9-13)23(21,22)18-14-5-2-1-3-6-14/h1-3,5-6,8-11,17-18H,4,7,12H2,(H,19,20). The molecule has 0 bridgehead atoms. The van der Waals surface area contributed by atoms with Gasteiger partial charge in [0, 0.05) is 24.3 Å². The molecule has 0 saturated carbocycles. The highest BCUT2D eigenvalue weighted by atomic mass is 32.2. The Kier molecular flexibility index (Phi) is 5.59. The molecule has 0 aromatic heterocycles. The van der Waals surface area contributed by atoms with Crippen molar-refractivity contribution in [3.63, 3.8) is 0 Å². The molecule has 0 saturated heterocycles. The van der Waals surface area contributed by atoms with Crippen molar-refractivity contribution in [1.29, 1.82) is 0 Å². The van der Waals surface area contributed by atoms with Crippen LogP contribution in [0.3, 0.4) is 0 Å². The minimum Gasteiger partial charge on any atom is -0.481 e. The van der Waals surface area contributed by atoms with Gasteiger partial charge in [-0.2, -0.15) is 0 Å². The summed E-state index contributed by atoms with van der Waals surface area (Å²) in [6.45, 7) is 0.515. The van der Waals surface area contributed by atoms with Crippen molar-refractivity contribution in [1.82, 2.24) is 0 Å². The molecule has 23 heavy (non-hydrogen) atoms. The fourth-order valence-electron chi connectivity index (χ4n) is 1.94. The molecule has 0 radical (unpaired) electrons. The van der Waals surface area contributed by atoms with E-state index < -0.39 is 16.0 Å². The highest BCUT2D eigenvalue weighted by molar-refractivity contribution is 7.92. The molecule has 0 atom stereocenters. The minimum atomic E-state index is -3.62. The second-order valence-corrected chi connectivity index (χ2v) is 6.60. The van der Waals surface area contributed by atoms with Crippen molar-refractivity contribution in [3.05, 3.63) is 54.6 Å². The Morgan fingerprint density at radius 1 is 0.957 bits per heavy atom. The number of hydrogen-bond donors (Lipinski definition) is 3. The molecule has 0 aliphatic rings. The molecule has 0 heterocycles. The van der Waals surface area contributed by atoms with Crippen LogP contribution < -0.4 is 10.0 Å². The van der Waals surface area contributed by atoms with E-state index in [4.69, 9.17) is 5.11 Å². The van der Waals surface area contributed by atoms with Gasteiger partial charge in [0.1, 0.15) is 0 Å². The quantitative estimate of drug-likeness (QED) is 0.645. The van der Waals surface area contributed by atoms with Gasteiger partial charge in [0.2, 0.25) is 0 Å². The number of carboxylic acid groups (broad SMARTS) is 1. The van der Waals surface area contributed by atoms with Gasteiger partial charge in [-0.05, 0) is 42.8 Å². The molecule has 0 fully saturated rings. The van der Waals surface area contributed by atoms with Crippen LogP contribution in [0.5, 0.6) is 0 Å². The summed E-state index contributed by atoms with van der Waals surface area (Å²) >= 11 is 0. The van der Waals surface area contributed by atoms with E-state index in [0.717, 1.165) is 5.69 Å². The monoisotopic (exact) mass is 334 g/mol. The lowest BCUT2D eigenvalue weighted by molar-refractivity contribution is -0.137. The second kappa shape index (κ2) is 7.64. The van der Waals surface area contributed by atoms with Gasteiger partial charge < -0.3 is 10.4 Å². The fourth-order valence-corrected chi connectivity index (χ4v) is 3.00. The van der Waals surface area contributed by atoms with Crippen molar-refractivity contribution in [3.8, 4) is 0 Å². The lowest BCUT2D eigenvalue weighted by Crippen LogP contribution is -2.13. The van der Waals surface area contributed by atoms with Crippen molar-refractivity contribution < 1.29 is 18.3 Å². The van der Waals surface area contributed by atoms with Crippen LogP contribution in [0.15, 0.2) is 59.5 Å². The first kappa shape index (κ1) is 16.8. The van der Waals surface area contributed by atoms with E-state index in [1.807, 2.05) is 6.07 Å². The minimum absolute atomic E-state index is 0.0977. The highest BCUT2D eigenvalue weighted by Crippen LogP contribution is 2.18. The zero-order valence-electron chi connectivity index (χ0n) is 12.4. The van der Waals surface area contributed by atoms with Gasteiger partial charge >= 0.3 is 5.97 Å². The fraction of sp³-hybridized carbons (Fsp3) is 0.188. The van der Waals surface area contributed by atoms with Crippen molar-refractivity contribution in [2.24, 2.45) is 0 Å². The topological polar surface area (TPSA) is 95.5 Å². The normalized spacial score (nSPS) is 11.0. The van der Waals surface area contributed by atoms with Crippen molar-refractivity contribution in [2.75, 3.05) is 16.6 Å². The predicted molar refractivity (Wildman–Crippen MR) is 89.1 cm³/mol. The van der Waals surface area contributed by atoms with Gasteiger partial charge in [0.15, 0.2) is 0 Å².